The smallest absolute Gasteiger partial charge is 0.334 e. The first-order valence-corrected chi connectivity index (χ1v) is 8.95. The van der Waals surface area contributed by atoms with Crippen LogP contribution >= 0.6 is 0 Å². The molecule has 94 valence electrons. The molecule has 0 unspecified atom stereocenters. The van der Waals surface area contributed by atoms with Crippen LogP contribution in [0.3, 0.4) is 0 Å². The molecule has 0 aromatic heterocycles. The fourth-order valence-corrected chi connectivity index (χ4v) is 2.44. The zero-order valence-electron chi connectivity index (χ0n) is 10.5. The van der Waals surface area contributed by atoms with Gasteiger partial charge < -0.3 is 25.3 Å². The Morgan fingerprint density at radius 2 is 1.73 bits per heavy atom. The van der Waals surface area contributed by atoms with E-state index in [0.29, 0.717) is 6.54 Å². The number of hydrogen-bond acceptors (Lipinski definition) is 5. The van der Waals surface area contributed by atoms with Crippen molar-refractivity contribution in [2.45, 2.75) is 19.0 Å². The van der Waals surface area contributed by atoms with Gasteiger partial charge in [0, 0.05) is 27.3 Å². The predicted molar refractivity (Wildman–Crippen MR) is 71.1 cm³/mol. The largest absolute Gasteiger partial charge is 0.398 e. The Hall–Kier alpha value is 0.234. The van der Waals surface area contributed by atoms with Crippen molar-refractivity contribution in [2.75, 3.05) is 33.9 Å². The topological polar surface area (TPSA) is 82.5 Å². The number of nitrogens with two attached hydrogens (primary N) is 2. The summed E-state index contributed by atoms with van der Waals surface area (Å²) in [5.41, 5.74) is 5.35. The van der Waals surface area contributed by atoms with Gasteiger partial charge in [-0.1, -0.05) is 0 Å². The number of rotatable bonds is 8. The lowest BCUT2D eigenvalue weighted by Crippen LogP contribution is -2.37. The van der Waals surface area contributed by atoms with E-state index in [1.807, 2.05) is 0 Å². The van der Waals surface area contributed by atoms with Gasteiger partial charge in [-0.25, -0.2) is 0 Å². The van der Waals surface area contributed by atoms with Crippen LogP contribution in [-0.2, 0) is 8.85 Å². The second-order valence-electron chi connectivity index (χ2n) is 3.18. The quantitative estimate of drug-likeness (QED) is 0.363. The summed E-state index contributed by atoms with van der Waals surface area (Å²) < 4.78 is 10.7. The second kappa shape index (κ2) is 12.3. The maximum Gasteiger partial charge on any atom is 0.334 e. The molecule has 5 nitrogen and oxygen atoms in total. The molecule has 0 atom stereocenters. The Labute approximate surface area is 97.6 Å². The molecule has 0 aliphatic rings. The Morgan fingerprint density at radius 1 is 1.20 bits per heavy atom. The molecule has 0 aliphatic carbocycles. The van der Waals surface area contributed by atoms with Crippen molar-refractivity contribution in [3.8, 4) is 0 Å². The summed E-state index contributed by atoms with van der Waals surface area (Å²) in [5.74, 6) is 0. The van der Waals surface area contributed by atoms with Crippen molar-refractivity contribution in [3.63, 3.8) is 0 Å². The van der Waals surface area contributed by atoms with Gasteiger partial charge in [-0.2, -0.15) is 0 Å². The predicted octanol–water partition coefficient (Wildman–Crippen LogP) is -1.48. The van der Waals surface area contributed by atoms with Gasteiger partial charge >= 0.3 is 8.56 Å². The van der Waals surface area contributed by atoms with E-state index in [1.165, 1.54) is 0 Å². The van der Waals surface area contributed by atoms with Gasteiger partial charge in [0.2, 0.25) is 0 Å². The SMILES string of the molecule is CO[Si](C)(CCCNCCN)OC.N[SiH3]. The lowest BCUT2D eigenvalue weighted by Gasteiger charge is -2.22. The van der Waals surface area contributed by atoms with Crippen LogP contribution in [0.5, 0.6) is 0 Å². The highest BCUT2D eigenvalue weighted by Gasteiger charge is 2.27. The van der Waals surface area contributed by atoms with Gasteiger partial charge in [-0.05, 0) is 25.6 Å². The molecular weight excluding hydrogens is 226 g/mol. The van der Waals surface area contributed by atoms with Crippen LogP contribution in [0, 0.1) is 0 Å². The molecule has 0 aromatic rings. The third-order valence-electron chi connectivity index (χ3n) is 2.17. The maximum atomic E-state index is 5.36. The Balaban J connectivity index is 0. The van der Waals surface area contributed by atoms with E-state index < -0.39 is 8.56 Å². The van der Waals surface area contributed by atoms with Gasteiger partial charge in [0.05, 0.1) is 10.4 Å². The first kappa shape index (κ1) is 17.6. The molecule has 0 rings (SSSR count). The first-order chi connectivity index (χ1) is 7.18. The van der Waals surface area contributed by atoms with E-state index in [1.54, 1.807) is 14.2 Å². The van der Waals surface area contributed by atoms with Crippen LogP contribution in [0.25, 0.3) is 0 Å². The summed E-state index contributed by atoms with van der Waals surface area (Å²) in [6, 6.07) is 1.03. The molecule has 5 N–H and O–H groups in total. The lowest BCUT2D eigenvalue weighted by atomic mass is 10.5. The molecule has 0 aromatic carbocycles. The van der Waals surface area contributed by atoms with E-state index in [4.69, 9.17) is 14.6 Å². The standard InChI is InChI=1S/C8H22N2O2Si.H5NSi/c1-11-13(3,12-2)8-4-6-10-7-5-9;1-2/h10H,4-9H2,1-3H3;1H2,2H3. The summed E-state index contributed by atoms with van der Waals surface area (Å²) in [4.78, 5) is 0. The van der Waals surface area contributed by atoms with E-state index >= 15 is 0 Å². The second-order valence-corrected chi connectivity index (χ2v) is 6.77. The van der Waals surface area contributed by atoms with E-state index in [2.05, 4.69) is 17.3 Å². The van der Waals surface area contributed by atoms with Crippen molar-refractivity contribution >= 4 is 19.0 Å². The lowest BCUT2D eigenvalue weighted by molar-refractivity contribution is 0.248. The monoisotopic (exact) mass is 253 g/mol. The van der Waals surface area contributed by atoms with Crippen LogP contribution in [0.1, 0.15) is 6.42 Å². The summed E-state index contributed by atoms with van der Waals surface area (Å²) in [6.07, 6.45) is 1.09. The summed E-state index contributed by atoms with van der Waals surface area (Å²) in [6.45, 7) is 4.66. The van der Waals surface area contributed by atoms with Crippen LogP contribution < -0.4 is 16.4 Å². The molecule has 0 radical (unpaired) electrons. The van der Waals surface area contributed by atoms with Crippen molar-refractivity contribution < 1.29 is 8.85 Å². The average molecular weight is 253 g/mol. The summed E-state index contributed by atoms with van der Waals surface area (Å²) >= 11 is 0. The third kappa shape index (κ3) is 10.5. The van der Waals surface area contributed by atoms with Crippen molar-refractivity contribution in [1.82, 2.24) is 5.32 Å². The van der Waals surface area contributed by atoms with Gasteiger partial charge in [0.15, 0.2) is 0 Å². The van der Waals surface area contributed by atoms with Gasteiger partial charge in [-0.3, -0.25) is 0 Å². The van der Waals surface area contributed by atoms with E-state index in [0.717, 1.165) is 36.0 Å². The van der Waals surface area contributed by atoms with Crippen molar-refractivity contribution in [2.24, 2.45) is 11.1 Å². The minimum Gasteiger partial charge on any atom is -0.398 e. The highest BCUT2D eigenvalue weighted by atomic mass is 28.4. The van der Waals surface area contributed by atoms with Crippen LogP contribution in [0.2, 0.25) is 12.6 Å². The zero-order valence-corrected chi connectivity index (χ0v) is 13.5. The summed E-state index contributed by atoms with van der Waals surface area (Å²) in [7, 11) is 2.43. The fourth-order valence-electron chi connectivity index (χ4n) is 1.05. The van der Waals surface area contributed by atoms with Gasteiger partial charge in [0.1, 0.15) is 0 Å². The molecule has 0 heterocycles. The summed E-state index contributed by atoms with van der Waals surface area (Å²) in [5, 5.41) is 7.88. The molecule has 15 heavy (non-hydrogen) atoms. The van der Waals surface area contributed by atoms with Crippen LogP contribution in [0.4, 0.5) is 0 Å². The molecule has 0 saturated carbocycles. The Kier molecular flexibility index (Phi) is 14.5. The average Bonchev–Trinajstić information content (AvgIpc) is 2.31. The first-order valence-electron chi connectivity index (χ1n) is 5.27. The van der Waals surface area contributed by atoms with Crippen LogP contribution in [0.15, 0.2) is 0 Å². The molecule has 0 saturated heterocycles. The zero-order chi connectivity index (χ0) is 12.2. The molecule has 0 bridgehead atoms. The molecule has 0 spiro atoms. The van der Waals surface area contributed by atoms with Crippen LogP contribution in [-0.4, -0.2) is 52.8 Å². The van der Waals surface area contributed by atoms with E-state index in [-0.39, 0.29) is 0 Å². The Morgan fingerprint density at radius 3 is 2.13 bits per heavy atom. The minimum absolute atomic E-state index is 0.698. The molecule has 0 aliphatic heterocycles. The molecule has 0 fully saturated rings. The van der Waals surface area contributed by atoms with E-state index in [9.17, 15) is 0 Å². The number of nitrogens with one attached hydrogen (secondary N) is 1. The fraction of sp³-hybridized carbons (Fsp3) is 1.00. The number of hydrogen-bond donors (Lipinski definition) is 3. The highest BCUT2D eigenvalue weighted by molar-refractivity contribution is 6.65. The third-order valence-corrected chi connectivity index (χ3v) is 5.16. The van der Waals surface area contributed by atoms with Gasteiger partial charge in [-0.15, -0.1) is 0 Å². The van der Waals surface area contributed by atoms with Gasteiger partial charge in [0.25, 0.3) is 0 Å². The Bertz CT molecular complexity index is 126. The minimum atomic E-state index is -1.83. The normalized spacial score (nSPS) is 11.0. The molecular formula is C8H27N3O2Si2. The molecule has 0 amide bonds. The van der Waals surface area contributed by atoms with Crippen molar-refractivity contribution in [1.29, 1.82) is 0 Å². The van der Waals surface area contributed by atoms with Crippen molar-refractivity contribution in [3.05, 3.63) is 0 Å². The highest BCUT2D eigenvalue weighted by Crippen LogP contribution is 2.12. The maximum absolute atomic E-state index is 5.36. The molecule has 7 heteroatoms.